The molecule has 0 aliphatic carbocycles. The summed E-state index contributed by atoms with van der Waals surface area (Å²) in [7, 11) is 0. The van der Waals surface area contributed by atoms with Crippen molar-refractivity contribution in [2.75, 3.05) is 19.6 Å². The Morgan fingerprint density at radius 2 is 1.68 bits per heavy atom. The first-order chi connectivity index (χ1) is 15.1. The highest BCUT2D eigenvalue weighted by molar-refractivity contribution is 5.94. The van der Waals surface area contributed by atoms with Crippen molar-refractivity contribution in [1.29, 1.82) is 0 Å². The summed E-state index contributed by atoms with van der Waals surface area (Å²) in [6.45, 7) is 2.04. The fourth-order valence-electron chi connectivity index (χ4n) is 3.47. The number of hydrogen-bond donors (Lipinski definition) is 1. The number of ether oxygens (including phenoxy) is 1. The summed E-state index contributed by atoms with van der Waals surface area (Å²) in [5, 5.41) is 2.82. The molecular formula is C24H23N3O4. The zero-order valence-electron chi connectivity index (χ0n) is 17.0. The first-order valence-corrected chi connectivity index (χ1v) is 10.2. The lowest BCUT2D eigenvalue weighted by Crippen LogP contribution is -2.45. The van der Waals surface area contributed by atoms with Crippen LogP contribution in [-0.2, 0) is 13.2 Å². The van der Waals surface area contributed by atoms with Gasteiger partial charge in [0.25, 0.3) is 11.8 Å². The van der Waals surface area contributed by atoms with E-state index in [1.165, 1.54) is 6.07 Å². The molecule has 0 radical (unpaired) electrons. The van der Waals surface area contributed by atoms with Gasteiger partial charge in [-0.25, -0.2) is 0 Å². The second kappa shape index (κ2) is 9.30. The van der Waals surface area contributed by atoms with Gasteiger partial charge < -0.3 is 19.5 Å². The van der Waals surface area contributed by atoms with E-state index in [2.05, 4.69) is 5.32 Å². The molecule has 2 aromatic carbocycles. The van der Waals surface area contributed by atoms with Gasteiger partial charge in [0, 0.05) is 37.8 Å². The highest BCUT2D eigenvalue weighted by atomic mass is 16.5. The number of pyridine rings is 1. The van der Waals surface area contributed by atoms with Gasteiger partial charge in [0.15, 0.2) is 5.75 Å². The molecule has 4 rings (SSSR count). The molecule has 0 saturated carbocycles. The van der Waals surface area contributed by atoms with E-state index in [0.29, 0.717) is 37.4 Å². The molecular weight excluding hydrogens is 394 g/mol. The second-order valence-corrected chi connectivity index (χ2v) is 7.27. The third kappa shape index (κ3) is 4.83. The minimum absolute atomic E-state index is 0.179. The van der Waals surface area contributed by atoms with Crippen molar-refractivity contribution >= 4 is 11.8 Å². The lowest BCUT2D eigenvalue weighted by molar-refractivity contribution is 0.0696. The molecule has 0 saturated heterocycles. The number of amides is 2. The number of rotatable bonds is 7. The van der Waals surface area contributed by atoms with Crippen LogP contribution in [0.25, 0.3) is 0 Å². The van der Waals surface area contributed by atoms with E-state index in [1.54, 1.807) is 39.9 Å². The number of carbonyl (C=O) groups excluding carboxylic acids is 2. The van der Waals surface area contributed by atoms with E-state index >= 15 is 0 Å². The average Bonchev–Trinajstić information content (AvgIpc) is 2.81. The summed E-state index contributed by atoms with van der Waals surface area (Å²) >= 11 is 0. The van der Waals surface area contributed by atoms with Crippen LogP contribution in [0.3, 0.4) is 0 Å². The molecule has 1 N–H and O–H groups in total. The van der Waals surface area contributed by atoms with E-state index in [1.807, 2.05) is 36.4 Å². The fourth-order valence-corrected chi connectivity index (χ4v) is 3.47. The van der Waals surface area contributed by atoms with Crippen molar-refractivity contribution in [3.63, 3.8) is 0 Å². The molecule has 2 amide bonds. The van der Waals surface area contributed by atoms with Crippen LogP contribution in [0.1, 0.15) is 26.4 Å². The van der Waals surface area contributed by atoms with Gasteiger partial charge in [0.2, 0.25) is 5.43 Å². The number of aromatic nitrogens is 1. The molecule has 3 aromatic rings. The quantitative estimate of drug-likeness (QED) is 0.640. The van der Waals surface area contributed by atoms with E-state index in [4.69, 9.17) is 4.74 Å². The monoisotopic (exact) mass is 417 g/mol. The van der Waals surface area contributed by atoms with E-state index < -0.39 is 0 Å². The highest BCUT2D eigenvalue weighted by Crippen LogP contribution is 2.15. The summed E-state index contributed by atoms with van der Waals surface area (Å²) in [6.07, 6.45) is 1.60. The molecule has 0 atom stereocenters. The summed E-state index contributed by atoms with van der Waals surface area (Å²) in [5.74, 6) is -0.183. The average molecular weight is 417 g/mol. The molecule has 1 aliphatic rings. The van der Waals surface area contributed by atoms with Gasteiger partial charge in [0.05, 0.1) is 6.20 Å². The molecule has 0 unspecified atom stereocenters. The molecule has 158 valence electrons. The zero-order chi connectivity index (χ0) is 21.6. The van der Waals surface area contributed by atoms with Crippen molar-refractivity contribution in [3.8, 4) is 5.75 Å². The van der Waals surface area contributed by atoms with Crippen LogP contribution in [0.4, 0.5) is 0 Å². The maximum absolute atomic E-state index is 12.8. The molecule has 2 heterocycles. The number of fused-ring (bicyclic) bond motifs is 1. The zero-order valence-corrected chi connectivity index (χ0v) is 17.0. The Morgan fingerprint density at radius 1 is 0.968 bits per heavy atom. The molecule has 0 spiro atoms. The Bertz CT molecular complexity index is 1130. The maximum Gasteiger partial charge on any atom is 0.270 e. The predicted octanol–water partition coefficient (Wildman–Crippen LogP) is 2.31. The van der Waals surface area contributed by atoms with Crippen LogP contribution < -0.4 is 15.5 Å². The van der Waals surface area contributed by atoms with Gasteiger partial charge in [-0.05, 0) is 17.7 Å². The van der Waals surface area contributed by atoms with Crippen LogP contribution in [0.5, 0.6) is 5.75 Å². The van der Waals surface area contributed by atoms with Crippen molar-refractivity contribution in [2.45, 2.75) is 13.2 Å². The number of nitrogens with zero attached hydrogens (tertiary/aromatic N) is 2. The number of benzene rings is 2. The largest absolute Gasteiger partial charge is 0.483 e. The molecule has 7 nitrogen and oxygen atoms in total. The maximum atomic E-state index is 12.8. The standard InChI is InChI=1S/C24H23N3O4/c28-21-15-20-24(30)26(12-11-25-23(29)19-9-5-2-6-10-19)13-14-27(20)16-22(21)31-17-18-7-3-1-4-8-18/h1-10,15-16H,11-14,17H2,(H,25,29). The Kier molecular flexibility index (Phi) is 6.12. The predicted molar refractivity (Wildman–Crippen MR) is 116 cm³/mol. The normalized spacial score (nSPS) is 12.9. The first-order valence-electron chi connectivity index (χ1n) is 10.2. The third-order valence-electron chi connectivity index (χ3n) is 5.15. The topological polar surface area (TPSA) is 80.6 Å². The van der Waals surface area contributed by atoms with E-state index in [0.717, 1.165) is 5.56 Å². The van der Waals surface area contributed by atoms with Gasteiger partial charge >= 0.3 is 0 Å². The Morgan fingerprint density at radius 3 is 2.42 bits per heavy atom. The third-order valence-corrected chi connectivity index (χ3v) is 5.15. The SMILES string of the molecule is O=C(NCCN1CCn2cc(OCc3ccccc3)c(=O)cc2C1=O)c1ccccc1. The summed E-state index contributed by atoms with van der Waals surface area (Å²) in [4.78, 5) is 39.1. The lowest BCUT2D eigenvalue weighted by atomic mass is 10.2. The smallest absolute Gasteiger partial charge is 0.270 e. The van der Waals surface area contributed by atoms with Crippen molar-refractivity contribution < 1.29 is 14.3 Å². The molecule has 31 heavy (non-hydrogen) atoms. The van der Waals surface area contributed by atoms with Crippen molar-refractivity contribution in [3.05, 3.63) is 100.0 Å². The van der Waals surface area contributed by atoms with Crippen molar-refractivity contribution in [1.82, 2.24) is 14.8 Å². The Balaban J connectivity index is 1.37. The van der Waals surface area contributed by atoms with Crippen LogP contribution in [0.2, 0.25) is 0 Å². The molecule has 1 aromatic heterocycles. The Labute approximate surface area is 179 Å². The number of carbonyl (C=O) groups is 2. The van der Waals surface area contributed by atoms with E-state index in [9.17, 15) is 14.4 Å². The lowest BCUT2D eigenvalue weighted by Gasteiger charge is -2.30. The van der Waals surface area contributed by atoms with Crippen LogP contribution >= 0.6 is 0 Å². The molecule has 7 heteroatoms. The van der Waals surface area contributed by atoms with Gasteiger partial charge in [-0.15, -0.1) is 0 Å². The fraction of sp³-hybridized carbons (Fsp3) is 0.208. The van der Waals surface area contributed by atoms with Crippen LogP contribution in [0, 0.1) is 0 Å². The first kappa shape index (κ1) is 20.4. The Hall–Kier alpha value is -3.87. The molecule has 0 bridgehead atoms. The molecule has 1 aliphatic heterocycles. The highest BCUT2D eigenvalue weighted by Gasteiger charge is 2.25. The summed E-state index contributed by atoms with van der Waals surface area (Å²) < 4.78 is 7.43. The minimum atomic E-state index is -0.324. The van der Waals surface area contributed by atoms with E-state index in [-0.39, 0.29) is 29.6 Å². The summed E-state index contributed by atoms with van der Waals surface area (Å²) in [5.41, 5.74) is 1.55. The van der Waals surface area contributed by atoms with Crippen LogP contribution in [-0.4, -0.2) is 40.9 Å². The molecule has 0 fully saturated rings. The van der Waals surface area contributed by atoms with Gasteiger partial charge in [-0.1, -0.05) is 48.5 Å². The summed E-state index contributed by atoms with van der Waals surface area (Å²) in [6, 6.07) is 19.8. The second-order valence-electron chi connectivity index (χ2n) is 7.27. The van der Waals surface area contributed by atoms with Crippen LogP contribution in [0.15, 0.2) is 77.7 Å². The van der Waals surface area contributed by atoms with Gasteiger partial charge in [0.1, 0.15) is 12.3 Å². The van der Waals surface area contributed by atoms with Gasteiger partial charge in [-0.2, -0.15) is 0 Å². The number of nitrogens with one attached hydrogen (secondary N) is 1. The van der Waals surface area contributed by atoms with Gasteiger partial charge in [-0.3, -0.25) is 14.4 Å². The minimum Gasteiger partial charge on any atom is -0.483 e. The van der Waals surface area contributed by atoms with Crippen molar-refractivity contribution in [2.24, 2.45) is 0 Å². The number of hydrogen-bond acceptors (Lipinski definition) is 4.